The van der Waals surface area contributed by atoms with E-state index < -0.39 is 23.0 Å². The minimum absolute atomic E-state index is 0. The average Bonchev–Trinajstić information content (AvgIpc) is 3.47. The molecule has 0 spiro atoms. The van der Waals surface area contributed by atoms with Crippen molar-refractivity contribution in [2.75, 3.05) is 13.1 Å². The molecule has 3 aromatic carbocycles. The second kappa shape index (κ2) is 14.5. The van der Waals surface area contributed by atoms with Crippen LogP contribution in [0.4, 0.5) is 8.78 Å². The van der Waals surface area contributed by atoms with Crippen LogP contribution in [-0.2, 0) is 24.2 Å². The van der Waals surface area contributed by atoms with E-state index in [0.29, 0.717) is 55.7 Å². The molecule has 4 aromatic rings. The van der Waals surface area contributed by atoms with Gasteiger partial charge in [0.25, 0.3) is 5.89 Å². The van der Waals surface area contributed by atoms with Gasteiger partial charge >= 0.3 is 5.97 Å². The van der Waals surface area contributed by atoms with E-state index in [2.05, 4.69) is 28.9 Å². The van der Waals surface area contributed by atoms with Crippen molar-refractivity contribution in [2.45, 2.75) is 72.4 Å². The van der Waals surface area contributed by atoms with Gasteiger partial charge in [-0.2, -0.15) is 4.98 Å². The molecule has 246 valence electrons. The molecule has 0 radical (unpaired) electrons. The molecule has 0 saturated carbocycles. The van der Waals surface area contributed by atoms with Crippen LogP contribution < -0.4 is 5.73 Å². The predicted octanol–water partition coefficient (Wildman–Crippen LogP) is 7.24. The SMILES string of the molecule is CC(C)(C)N.CC(C)Cc1ccc(-c2nc(-c3ccc(CN4CCC(Cc5c(F)cccc5F)(C(=O)O)CC4)cc3)no2)cc1O. The highest BCUT2D eigenvalue weighted by Gasteiger charge is 2.42. The number of phenols is 1. The molecule has 0 aliphatic carbocycles. The van der Waals surface area contributed by atoms with E-state index in [9.17, 15) is 23.8 Å². The number of benzene rings is 3. The third-order valence-electron chi connectivity index (χ3n) is 7.85. The Kier molecular flexibility index (Phi) is 11.0. The number of piperidine rings is 1. The van der Waals surface area contributed by atoms with Gasteiger partial charge in [0.15, 0.2) is 0 Å². The van der Waals surface area contributed by atoms with Gasteiger partial charge in [0, 0.05) is 28.8 Å². The summed E-state index contributed by atoms with van der Waals surface area (Å²) in [6, 6.07) is 16.7. The fraction of sp³-hybridized carbons (Fsp3) is 0.417. The van der Waals surface area contributed by atoms with Crippen molar-refractivity contribution >= 4 is 5.97 Å². The number of phenolic OH excluding ortho intramolecular Hbond substituents is 1. The normalized spacial score (nSPS) is 15.0. The standard InChI is InChI=1S/C32H33F2N3O4.C4H11N/c1-20(2)16-23-10-11-24(17-28(23)38)30-35-29(36-41-30)22-8-6-21(7-9-22)19-37-14-12-32(13-15-37,31(39)40)18-25-26(33)4-3-5-27(25)34;1-4(2,3)5/h3-11,17,20,38H,12-16,18-19H2,1-2H3,(H,39,40);5H2,1-3H3. The van der Waals surface area contributed by atoms with Gasteiger partial charge in [0.1, 0.15) is 17.4 Å². The molecule has 2 heterocycles. The van der Waals surface area contributed by atoms with Gasteiger partial charge < -0.3 is 20.5 Å². The first-order valence-electron chi connectivity index (χ1n) is 15.6. The third kappa shape index (κ3) is 9.20. The first-order valence-corrected chi connectivity index (χ1v) is 15.6. The van der Waals surface area contributed by atoms with Crippen LogP contribution in [0.3, 0.4) is 0 Å². The van der Waals surface area contributed by atoms with Crippen LogP contribution in [0.15, 0.2) is 65.2 Å². The number of hydrogen-bond acceptors (Lipinski definition) is 7. The summed E-state index contributed by atoms with van der Waals surface area (Å²) in [7, 11) is 0. The lowest BCUT2D eigenvalue weighted by atomic mass is 9.73. The van der Waals surface area contributed by atoms with E-state index in [-0.39, 0.29) is 23.3 Å². The highest BCUT2D eigenvalue weighted by atomic mass is 19.1. The maximum atomic E-state index is 14.2. The maximum Gasteiger partial charge on any atom is 0.310 e. The number of rotatable bonds is 9. The third-order valence-corrected chi connectivity index (χ3v) is 7.85. The van der Waals surface area contributed by atoms with E-state index in [1.165, 1.54) is 6.07 Å². The Morgan fingerprint density at radius 2 is 1.61 bits per heavy atom. The molecule has 0 amide bonds. The number of likely N-dealkylation sites (tertiary alicyclic amines) is 1. The predicted molar refractivity (Wildman–Crippen MR) is 174 cm³/mol. The van der Waals surface area contributed by atoms with Gasteiger partial charge in [0.2, 0.25) is 5.82 Å². The monoisotopic (exact) mass is 634 g/mol. The summed E-state index contributed by atoms with van der Waals surface area (Å²) in [6.07, 6.45) is 1.21. The lowest BCUT2D eigenvalue weighted by Crippen LogP contribution is -2.45. The average molecular weight is 635 g/mol. The van der Waals surface area contributed by atoms with Crippen LogP contribution in [0.1, 0.15) is 64.2 Å². The van der Waals surface area contributed by atoms with Gasteiger partial charge in [-0.15, -0.1) is 0 Å². The fourth-order valence-corrected chi connectivity index (χ4v) is 5.43. The molecule has 46 heavy (non-hydrogen) atoms. The fourth-order valence-electron chi connectivity index (χ4n) is 5.43. The Morgan fingerprint density at radius 3 is 2.15 bits per heavy atom. The Morgan fingerprint density at radius 1 is 1.02 bits per heavy atom. The van der Waals surface area contributed by atoms with E-state index in [1.807, 2.05) is 57.2 Å². The highest BCUT2D eigenvalue weighted by molar-refractivity contribution is 5.75. The van der Waals surface area contributed by atoms with Crippen molar-refractivity contribution in [1.82, 2.24) is 15.0 Å². The maximum absolute atomic E-state index is 14.2. The Hall–Kier alpha value is -4.15. The van der Waals surface area contributed by atoms with Gasteiger partial charge in [-0.1, -0.05) is 55.4 Å². The molecule has 1 aromatic heterocycles. The number of hydrogen-bond donors (Lipinski definition) is 3. The van der Waals surface area contributed by atoms with E-state index >= 15 is 0 Å². The Bertz CT molecular complexity index is 1600. The topological polar surface area (TPSA) is 126 Å². The van der Waals surface area contributed by atoms with Crippen molar-refractivity contribution in [3.63, 3.8) is 0 Å². The summed E-state index contributed by atoms with van der Waals surface area (Å²) in [5, 5.41) is 24.5. The molecule has 1 aliphatic heterocycles. The van der Waals surface area contributed by atoms with Crippen LogP contribution >= 0.6 is 0 Å². The second-order valence-corrected chi connectivity index (χ2v) is 13.7. The molecule has 10 heteroatoms. The summed E-state index contributed by atoms with van der Waals surface area (Å²) in [6.45, 7) is 11.7. The number of carbonyl (C=O) groups is 1. The minimum atomic E-state index is -1.20. The molecular formula is C36H44F2N4O4. The summed E-state index contributed by atoms with van der Waals surface area (Å²) in [4.78, 5) is 18.9. The smallest absolute Gasteiger partial charge is 0.310 e. The molecule has 4 N–H and O–H groups in total. The second-order valence-electron chi connectivity index (χ2n) is 13.7. The van der Waals surface area contributed by atoms with Crippen molar-refractivity contribution in [3.05, 3.63) is 89.0 Å². The van der Waals surface area contributed by atoms with Crippen molar-refractivity contribution in [2.24, 2.45) is 17.1 Å². The lowest BCUT2D eigenvalue weighted by Gasteiger charge is -2.39. The molecule has 0 atom stereocenters. The van der Waals surface area contributed by atoms with E-state index in [4.69, 9.17) is 10.3 Å². The molecule has 1 fully saturated rings. The molecular weight excluding hydrogens is 590 g/mol. The number of nitrogens with zero attached hydrogens (tertiary/aromatic N) is 3. The molecule has 8 nitrogen and oxygen atoms in total. The van der Waals surface area contributed by atoms with Gasteiger partial charge in [-0.05, 0) is 101 Å². The van der Waals surface area contributed by atoms with Crippen LogP contribution in [0.5, 0.6) is 5.75 Å². The van der Waals surface area contributed by atoms with Crippen molar-refractivity contribution in [3.8, 4) is 28.6 Å². The quantitative estimate of drug-likeness (QED) is 0.176. The first-order chi connectivity index (χ1) is 21.6. The Labute approximate surface area is 269 Å². The van der Waals surface area contributed by atoms with Crippen LogP contribution in [0, 0.1) is 23.0 Å². The van der Waals surface area contributed by atoms with Gasteiger partial charge in [-0.25, -0.2) is 8.78 Å². The lowest BCUT2D eigenvalue weighted by molar-refractivity contribution is -0.152. The highest BCUT2D eigenvalue weighted by Crippen LogP contribution is 2.37. The first kappa shape index (κ1) is 34.7. The number of carboxylic acids is 1. The van der Waals surface area contributed by atoms with Crippen LogP contribution in [0.2, 0.25) is 0 Å². The summed E-state index contributed by atoms with van der Waals surface area (Å²) in [5.41, 5.74) is 7.32. The Balaban J connectivity index is 0.000000892. The zero-order valence-electron chi connectivity index (χ0n) is 27.2. The van der Waals surface area contributed by atoms with Crippen LogP contribution in [-0.4, -0.2) is 49.9 Å². The summed E-state index contributed by atoms with van der Waals surface area (Å²) < 4.78 is 33.9. The number of aromatic nitrogens is 2. The minimum Gasteiger partial charge on any atom is -0.508 e. The van der Waals surface area contributed by atoms with E-state index in [1.54, 1.807) is 6.07 Å². The van der Waals surface area contributed by atoms with Gasteiger partial charge in [0.05, 0.1) is 5.41 Å². The van der Waals surface area contributed by atoms with E-state index in [0.717, 1.165) is 35.2 Å². The summed E-state index contributed by atoms with van der Waals surface area (Å²) >= 11 is 0. The molecule has 0 bridgehead atoms. The number of halogens is 2. The molecule has 1 saturated heterocycles. The largest absolute Gasteiger partial charge is 0.508 e. The molecule has 0 unspecified atom stereocenters. The summed E-state index contributed by atoms with van der Waals surface area (Å²) in [5.74, 6) is -1.06. The number of nitrogens with two attached hydrogens (primary N) is 1. The molecule has 5 rings (SSSR count). The zero-order chi connectivity index (χ0) is 33.6. The molecule has 1 aliphatic rings. The van der Waals surface area contributed by atoms with Crippen molar-refractivity contribution in [1.29, 1.82) is 0 Å². The number of aromatic hydroxyl groups is 1. The van der Waals surface area contributed by atoms with Gasteiger partial charge in [-0.3, -0.25) is 9.69 Å². The van der Waals surface area contributed by atoms with Crippen molar-refractivity contribution < 1.29 is 28.3 Å². The number of carboxylic acid groups (broad SMARTS) is 1. The number of aliphatic carboxylic acids is 1. The van der Waals surface area contributed by atoms with Crippen LogP contribution in [0.25, 0.3) is 22.8 Å². The zero-order valence-corrected chi connectivity index (χ0v) is 27.2.